The first-order chi connectivity index (χ1) is 8.20. The van der Waals surface area contributed by atoms with Crippen molar-refractivity contribution in [2.75, 3.05) is 12.4 Å². The van der Waals surface area contributed by atoms with Gasteiger partial charge in [-0.05, 0) is 24.6 Å². The number of nitrogens with zero attached hydrogens (tertiary/aromatic N) is 2. The molecule has 0 saturated heterocycles. The third-order valence-corrected chi connectivity index (χ3v) is 3.33. The molecule has 17 heavy (non-hydrogen) atoms. The Morgan fingerprint density at radius 1 is 1.47 bits per heavy atom. The molecule has 0 radical (unpaired) electrons. The summed E-state index contributed by atoms with van der Waals surface area (Å²) in [6.07, 6.45) is 0. The fourth-order valence-corrected chi connectivity index (χ4v) is 2.05. The second-order valence-electron chi connectivity index (χ2n) is 3.52. The summed E-state index contributed by atoms with van der Waals surface area (Å²) in [5.41, 5.74) is 1.89. The number of anilines is 1. The fraction of sp³-hybridized carbons (Fsp3) is 0.273. The minimum atomic E-state index is 0.357. The van der Waals surface area contributed by atoms with Gasteiger partial charge in [0.25, 0.3) is 0 Å². The van der Waals surface area contributed by atoms with Crippen LogP contribution < -0.4 is 10.1 Å². The predicted molar refractivity (Wildman–Crippen MR) is 70.0 cm³/mol. The highest BCUT2D eigenvalue weighted by Crippen LogP contribution is 2.27. The molecule has 0 unspecified atom stereocenters. The second-order valence-corrected chi connectivity index (χ2v) is 4.68. The van der Waals surface area contributed by atoms with Gasteiger partial charge in [0.1, 0.15) is 23.1 Å². The average molecular weight is 270 g/mol. The van der Waals surface area contributed by atoms with Crippen molar-refractivity contribution >= 4 is 28.1 Å². The summed E-state index contributed by atoms with van der Waals surface area (Å²) < 4.78 is 9.50. The molecule has 0 amide bonds. The quantitative estimate of drug-likeness (QED) is 0.926. The maximum Gasteiger partial charge on any atom is 0.138 e. The normalized spacial score (nSPS) is 10.3. The lowest BCUT2D eigenvalue weighted by Crippen LogP contribution is -2.00. The number of hydrogen-bond acceptors (Lipinski definition) is 5. The molecular weight excluding hydrogens is 258 g/mol. The molecule has 1 heterocycles. The molecule has 0 atom stereocenters. The lowest BCUT2D eigenvalue weighted by molar-refractivity contribution is 0.302. The van der Waals surface area contributed by atoms with Crippen molar-refractivity contribution in [2.24, 2.45) is 0 Å². The molecule has 0 fully saturated rings. The van der Waals surface area contributed by atoms with Crippen LogP contribution in [0.4, 0.5) is 5.00 Å². The van der Waals surface area contributed by atoms with Crippen LogP contribution in [-0.2, 0) is 6.61 Å². The Kier molecular flexibility index (Phi) is 3.81. The number of ether oxygens (including phenoxy) is 1. The van der Waals surface area contributed by atoms with Crippen LogP contribution in [0.2, 0.25) is 5.02 Å². The minimum absolute atomic E-state index is 0.357. The third-order valence-electron chi connectivity index (χ3n) is 2.23. The van der Waals surface area contributed by atoms with Crippen molar-refractivity contribution in [2.45, 2.75) is 13.5 Å². The fourth-order valence-electron chi connectivity index (χ4n) is 1.36. The zero-order chi connectivity index (χ0) is 12.3. The number of aromatic nitrogens is 2. The topological polar surface area (TPSA) is 47.0 Å². The molecule has 1 aromatic heterocycles. The summed E-state index contributed by atoms with van der Waals surface area (Å²) in [6.45, 7) is 2.35. The van der Waals surface area contributed by atoms with Gasteiger partial charge in [-0.2, -0.15) is 0 Å². The smallest absolute Gasteiger partial charge is 0.138 e. The largest absolute Gasteiger partial charge is 0.486 e. The SMILES string of the molecule is CNc1snnc1COc1cc(C)ccc1Cl. The number of aryl methyl sites for hydroxylation is 1. The summed E-state index contributed by atoms with van der Waals surface area (Å²) in [4.78, 5) is 0. The Bertz CT molecular complexity index is 515. The first-order valence-corrected chi connectivity index (χ1v) is 6.24. The van der Waals surface area contributed by atoms with Crippen molar-refractivity contribution in [3.63, 3.8) is 0 Å². The number of rotatable bonds is 4. The van der Waals surface area contributed by atoms with E-state index in [1.165, 1.54) is 11.5 Å². The van der Waals surface area contributed by atoms with Crippen molar-refractivity contribution in [3.8, 4) is 5.75 Å². The first-order valence-electron chi connectivity index (χ1n) is 5.08. The summed E-state index contributed by atoms with van der Waals surface area (Å²) >= 11 is 7.34. The molecular formula is C11H12ClN3OS. The standard InChI is InChI=1S/C11H12ClN3OS/c1-7-3-4-8(12)10(5-7)16-6-9-11(13-2)17-15-14-9/h3-5,13H,6H2,1-2H3. The van der Waals surface area contributed by atoms with Gasteiger partial charge in [-0.15, -0.1) is 5.10 Å². The molecule has 6 heteroatoms. The lowest BCUT2D eigenvalue weighted by Gasteiger charge is -2.07. The summed E-state index contributed by atoms with van der Waals surface area (Å²) in [5, 5.41) is 8.52. The van der Waals surface area contributed by atoms with Crippen LogP contribution >= 0.6 is 23.1 Å². The van der Waals surface area contributed by atoms with E-state index in [4.69, 9.17) is 16.3 Å². The number of nitrogens with one attached hydrogen (secondary N) is 1. The van der Waals surface area contributed by atoms with Crippen LogP contribution in [0.5, 0.6) is 5.75 Å². The van der Waals surface area contributed by atoms with E-state index in [-0.39, 0.29) is 0 Å². The molecule has 90 valence electrons. The highest BCUT2D eigenvalue weighted by molar-refractivity contribution is 7.10. The van der Waals surface area contributed by atoms with Crippen LogP contribution in [0, 0.1) is 6.92 Å². The molecule has 0 aliphatic carbocycles. The Balaban J connectivity index is 2.09. The number of halogens is 1. The van der Waals surface area contributed by atoms with Crippen LogP contribution in [0.25, 0.3) is 0 Å². The van der Waals surface area contributed by atoms with Crippen LogP contribution in [0.1, 0.15) is 11.3 Å². The zero-order valence-electron chi connectivity index (χ0n) is 9.53. The second kappa shape index (κ2) is 5.33. The Labute approximate surface area is 109 Å². The monoisotopic (exact) mass is 269 g/mol. The van der Waals surface area contributed by atoms with Gasteiger partial charge in [-0.25, -0.2) is 0 Å². The molecule has 0 aliphatic rings. The summed E-state index contributed by atoms with van der Waals surface area (Å²) in [7, 11) is 1.83. The lowest BCUT2D eigenvalue weighted by atomic mass is 10.2. The van der Waals surface area contributed by atoms with Crippen molar-refractivity contribution in [1.82, 2.24) is 9.59 Å². The highest BCUT2D eigenvalue weighted by Gasteiger charge is 2.08. The maximum atomic E-state index is 6.04. The average Bonchev–Trinajstić information content (AvgIpc) is 2.77. The highest BCUT2D eigenvalue weighted by atomic mass is 35.5. The van der Waals surface area contributed by atoms with Gasteiger partial charge in [0.2, 0.25) is 0 Å². The van der Waals surface area contributed by atoms with E-state index in [0.717, 1.165) is 16.3 Å². The zero-order valence-corrected chi connectivity index (χ0v) is 11.1. The van der Waals surface area contributed by atoms with Crippen molar-refractivity contribution in [1.29, 1.82) is 0 Å². The van der Waals surface area contributed by atoms with Gasteiger partial charge >= 0.3 is 0 Å². The Hall–Kier alpha value is -1.33. The minimum Gasteiger partial charge on any atom is -0.486 e. The van der Waals surface area contributed by atoms with Gasteiger partial charge in [-0.1, -0.05) is 22.2 Å². The van der Waals surface area contributed by atoms with E-state index in [1.807, 2.05) is 32.2 Å². The van der Waals surface area contributed by atoms with E-state index >= 15 is 0 Å². The van der Waals surface area contributed by atoms with E-state index in [0.29, 0.717) is 17.4 Å². The maximum absolute atomic E-state index is 6.04. The van der Waals surface area contributed by atoms with Gasteiger partial charge in [0.05, 0.1) is 5.02 Å². The van der Waals surface area contributed by atoms with Crippen LogP contribution in [0.15, 0.2) is 18.2 Å². The third kappa shape index (κ3) is 2.87. The molecule has 0 aliphatic heterocycles. The van der Waals surface area contributed by atoms with Gasteiger partial charge in [0.15, 0.2) is 0 Å². The van der Waals surface area contributed by atoms with Gasteiger partial charge in [0, 0.05) is 18.6 Å². The molecule has 4 nitrogen and oxygen atoms in total. The van der Waals surface area contributed by atoms with Crippen molar-refractivity contribution < 1.29 is 4.74 Å². The van der Waals surface area contributed by atoms with Gasteiger partial charge in [-0.3, -0.25) is 0 Å². The molecule has 1 aromatic carbocycles. The predicted octanol–water partition coefficient (Wildman–Crippen LogP) is 3.12. The summed E-state index contributed by atoms with van der Waals surface area (Å²) in [6, 6.07) is 5.67. The molecule has 0 saturated carbocycles. The number of hydrogen-bond donors (Lipinski definition) is 1. The molecule has 2 rings (SSSR count). The van der Waals surface area contributed by atoms with Gasteiger partial charge < -0.3 is 10.1 Å². The number of benzene rings is 1. The molecule has 0 spiro atoms. The Morgan fingerprint density at radius 2 is 2.29 bits per heavy atom. The van der Waals surface area contributed by atoms with Crippen LogP contribution in [-0.4, -0.2) is 16.6 Å². The Morgan fingerprint density at radius 3 is 3.06 bits per heavy atom. The van der Waals surface area contributed by atoms with E-state index in [1.54, 1.807) is 0 Å². The van der Waals surface area contributed by atoms with Crippen molar-refractivity contribution in [3.05, 3.63) is 34.5 Å². The first kappa shape index (κ1) is 12.1. The molecule has 2 aromatic rings. The van der Waals surface area contributed by atoms with E-state index in [2.05, 4.69) is 14.9 Å². The van der Waals surface area contributed by atoms with E-state index < -0.39 is 0 Å². The molecule has 0 bridgehead atoms. The summed E-state index contributed by atoms with van der Waals surface area (Å²) in [5.74, 6) is 0.668. The van der Waals surface area contributed by atoms with E-state index in [9.17, 15) is 0 Å². The molecule has 1 N–H and O–H groups in total. The van der Waals surface area contributed by atoms with Crippen LogP contribution in [0.3, 0.4) is 0 Å².